The van der Waals surface area contributed by atoms with E-state index in [4.69, 9.17) is 16.3 Å². The van der Waals surface area contributed by atoms with Crippen molar-refractivity contribution >= 4 is 11.6 Å². The zero-order valence-corrected chi connectivity index (χ0v) is 11.8. The molecular formula is C14H22ClNO. The van der Waals surface area contributed by atoms with Crippen LogP contribution in [-0.2, 0) is 4.74 Å². The van der Waals surface area contributed by atoms with Crippen LogP contribution < -0.4 is 5.32 Å². The van der Waals surface area contributed by atoms with E-state index in [0.29, 0.717) is 6.61 Å². The predicted molar refractivity (Wildman–Crippen MR) is 73.6 cm³/mol. The van der Waals surface area contributed by atoms with Gasteiger partial charge in [0.15, 0.2) is 0 Å². The minimum absolute atomic E-state index is 0.0685. The number of halogens is 1. The maximum absolute atomic E-state index is 5.96. The van der Waals surface area contributed by atoms with Gasteiger partial charge in [-0.25, -0.2) is 0 Å². The number of benzene rings is 1. The van der Waals surface area contributed by atoms with Crippen LogP contribution in [0.5, 0.6) is 0 Å². The third-order valence-corrected chi connectivity index (χ3v) is 2.67. The second kappa shape index (κ2) is 6.39. The van der Waals surface area contributed by atoms with Crippen LogP contribution in [0.3, 0.4) is 0 Å². The number of ether oxygens (including phenoxy) is 1. The molecule has 0 spiro atoms. The minimum Gasteiger partial charge on any atom is -0.375 e. The van der Waals surface area contributed by atoms with E-state index < -0.39 is 0 Å². The molecule has 1 N–H and O–H groups in total. The second-order valence-corrected chi connectivity index (χ2v) is 5.63. The molecule has 3 heteroatoms. The highest BCUT2D eigenvalue weighted by molar-refractivity contribution is 6.30. The van der Waals surface area contributed by atoms with Crippen molar-refractivity contribution < 1.29 is 4.74 Å². The summed E-state index contributed by atoms with van der Waals surface area (Å²) in [6.45, 7) is 9.87. The molecule has 0 amide bonds. The fourth-order valence-corrected chi connectivity index (χ4v) is 1.73. The zero-order chi connectivity index (χ0) is 12.9. The average molecular weight is 256 g/mol. The molecule has 0 radical (unpaired) electrons. The van der Waals surface area contributed by atoms with Crippen LogP contribution in [0.25, 0.3) is 0 Å². The molecule has 1 rings (SSSR count). The Labute approximate surface area is 109 Å². The first-order valence-corrected chi connectivity index (χ1v) is 6.39. The molecule has 0 bridgehead atoms. The Kier molecular flexibility index (Phi) is 5.44. The molecule has 0 heterocycles. The zero-order valence-electron chi connectivity index (χ0n) is 11.1. The van der Waals surface area contributed by atoms with Crippen molar-refractivity contribution in [2.75, 3.05) is 13.2 Å². The third kappa shape index (κ3) is 6.06. The summed E-state index contributed by atoms with van der Waals surface area (Å²) >= 11 is 5.96. The quantitative estimate of drug-likeness (QED) is 0.808. The lowest BCUT2D eigenvalue weighted by atomic mass is 10.1. The molecule has 1 aromatic carbocycles. The monoisotopic (exact) mass is 255 g/mol. The summed E-state index contributed by atoms with van der Waals surface area (Å²) < 4.78 is 5.65. The van der Waals surface area contributed by atoms with Crippen molar-refractivity contribution in [3.8, 4) is 0 Å². The van der Waals surface area contributed by atoms with Crippen molar-refractivity contribution in [3.63, 3.8) is 0 Å². The highest BCUT2D eigenvalue weighted by atomic mass is 35.5. The summed E-state index contributed by atoms with van der Waals surface area (Å²) in [7, 11) is 0. The Hall–Kier alpha value is -0.570. The van der Waals surface area contributed by atoms with Crippen molar-refractivity contribution in [2.24, 2.45) is 0 Å². The van der Waals surface area contributed by atoms with Crippen LogP contribution in [0, 0.1) is 0 Å². The molecule has 0 saturated carbocycles. The van der Waals surface area contributed by atoms with E-state index in [9.17, 15) is 0 Å². The highest BCUT2D eigenvalue weighted by Crippen LogP contribution is 2.17. The molecule has 0 aromatic heterocycles. The Morgan fingerprint density at radius 1 is 1.35 bits per heavy atom. The van der Waals surface area contributed by atoms with Gasteiger partial charge >= 0.3 is 0 Å². The van der Waals surface area contributed by atoms with Crippen LogP contribution in [0.4, 0.5) is 0 Å². The van der Waals surface area contributed by atoms with Crippen LogP contribution in [0.15, 0.2) is 24.3 Å². The van der Waals surface area contributed by atoms with Gasteiger partial charge in [0.1, 0.15) is 0 Å². The third-order valence-electron chi connectivity index (χ3n) is 2.44. The van der Waals surface area contributed by atoms with E-state index in [1.807, 2.05) is 18.2 Å². The van der Waals surface area contributed by atoms with Gasteiger partial charge < -0.3 is 10.1 Å². The normalized spacial score (nSPS) is 13.7. The van der Waals surface area contributed by atoms with Crippen LogP contribution in [-0.4, -0.2) is 18.8 Å². The van der Waals surface area contributed by atoms with E-state index >= 15 is 0 Å². The van der Waals surface area contributed by atoms with E-state index in [-0.39, 0.29) is 11.6 Å². The molecular weight excluding hydrogens is 234 g/mol. The van der Waals surface area contributed by atoms with Crippen molar-refractivity contribution in [1.29, 1.82) is 0 Å². The smallest absolute Gasteiger partial charge is 0.0599 e. The Bertz CT molecular complexity index is 346. The summed E-state index contributed by atoms with van der Waals surface area (Å²) in [5, 5.41) is 4.19. The summed E-state index contributed by atoms with van der Waals surface area (Å²) in [6.07, 6.45) is 0. The van der Waals surface area contributed by atoms with Crippen LogP contribution in [0.2, 0.25) is 5.02 Å². The maximum Gasteiger partial charge on any atom is 0.0599 e. The van der Waals surface area contributed by atoms with Gasteiger partial charge in [0.2, 0.25) is 0 Å². The van der Waals surface area contributed by atoms with Crippen molar-refractivity contribution in [3.05, 3.63) is 34.9 Å². The van der Waals surface area contributed by atoms with Gasteiger partial charge in [0.25, 0.3) is 0 Å². The minimum atomic E-state index is -0.0685. The molecule has 17 heavy (non-hydrogen) atoms. The summed E-state index contributed by atoms with van der Waals surface area (Å²) in [4.78, 5) is 0. The standard InChI is InChI=1S/C14H22ClNO/c1-11(12-6-5-7-13(15)10-12)16-8-9-17-14(2,3)4/h5-7,10-11,16H,8-9H2,1-4H3. The topological polar surface area (TPSA) is 21.3 Å². The number of rotatable bonds is 5. The van der Waals surface area contributed by atoms with Gasteiger partial charge in [-0.3, -0.25) is 0 Å². The lowest BCUT2D eigenvalue weighted by molar-refractivity contribution is -0.00149. The first-order chi connectivity index (χ1) is 7.88. The molecule has 0 aliphatic rings. The number of hydrogen-bond acceptors (Lipinski definition) is 2. The number of nitrogens with one attached hydrogen (secondary N) is 1. The predicted octanol–water partition coefficient (Wildman–Crippen LogP) is 3.81. The molecule has 0 saturated heterocycles. The lowest BCUT2D eigenvalue weighted by Crippen LogP contribution is -2.28. The molecule has 2 nitrogen and oxygen atoms in total. The van der Waals surface area contributed by atoms with Crippen LogP contribution in [0.1, 0.15) is 39.3 Å². The first kappa shape index (κ1) is 14.5. The van der Waals surface area contributed by atoms with Gasteiger partial charge in [-0.1, -0.05) is 23.7 Å². The maximum atomic E-state index is 5.96. The Morgan fingerprint density at radius 3 is 2.65 bits per heavy atom. The fourth-order valence-electron chi connectivity index (χ4n) is 1.53. The Balaban J connectivity index is 2.33. The molecule has 1 aromatic rings. The fraction of sp³-hybridized carbons (Fsp3) is 0.571. The van der Waals surface area contributed by atoms with E-state index in [0.717, 1.165) is 11.6 Å². The van der Waals surface area contributed by atoms with Gasteiger partial charge in [0.05, 0.1) is 12.2 Å². The molecule has 0 aliphatic carbocycles. The van der Waals surface area contributed by atoms with Crippen LogP contribution >= 0.6 is 11.6 Å². The van der Waals surface area contributed by atoms with Gasteiger partial charge in [-0.2, -0.15) is 0 Å². The highest BCUT2D eigenvalue weighted by Gasteiger charge is 2.10. The summed E-state index contributed by atoms with van der Waals surface area (Å²) in [5.74, 6) is 0. The van der Waals surface area contributed by atoms with Crippen molar-refractivity contribution in [1.82, 2.24) is 5.32 Å². The summed E-state index contributed by atoms with van der Waals surface area (Å²) in [5.41, 5.74) is 1.13. The van der Waals surface area contributed by atoms with Gasteiger partial charge in [0, 0.05) is 17.6 Å². The largest absolute Gasteiger partial charge is 0.375 e. The second-order valence-electron chi connectivity index (χ2n) is 5.19. The molecule has 1 atom stereocenters. The lowest BCUT2D eigenvalue weighted by Gasteiger charge is -2.21. The first-order valence-electron chi connectivity index (χ1n) is 6.01. The number of hydrogen-bond donors (Lipinski definition) is 1. The van der Waals surface area contributed by atoms with E-state index in [1.165, 1.54) is 5.56 Å². The molecule has 96 valence electrons. The molecule has 0 aliphatic heterocycles. The van der Waals surface area contributed by atoms with E-state index in [2.05, 4.69) is 39.1 Å². The summed E-state index contributed by atoms with van der Waals surface area (Å²) in [6, 6.07) is 8.22. The van der Waals surface area contributed by atoms with E-state index in [1.54, 1.807) is 0 Å². The van der Waals surface area contributed by atoms with Gasteiger partial charge in [-0.05, 0) is 45.4 Å². The Morgan fingerprint density at radius 2 is 2.06 bits per heavy atom. The SMILES string of the molecule is CC(NCCOC(C)(C)C)c1cccc(Cl)c1. The average Bonchev–Trinajstić information content (AvgIpc) is 2.23. The molecule has 1 unspecified atom stereocenters. The van der Waals surface area contributed by atoms with Gasteiger partial charge in [-0.15, -0.1) is 0 Å². The molecule has 0 fully saturated rings. The van der Waals surface area contributed by atoms with Crippen molar-refractivity contribution in [2.45, 2.75) is 39.3 Å².